The molecule has 0 spiro atoms. The van der Waals surface area contributed by atoms with Gasteiger partial charge in [-0.05, 0) is 32.7 Å². The zero-order chi connectivity index (χ0) is 12.8. The number of carbonyl (C=O) groups excluding carboxylic acids is 2. The number of ether oxygens (including phenoxy) is 1. The molecule has 0 bridgehead atoms. The van der Waals surface area contributed by atoms with Crippen LogP contribution in [0.5, 0.6) is 0 Å². The minimum absolute atomic E-state index is 0.158. The zero-order valence-corrected chi connectivity index (χ0v) is 10.3. The quantitative estimate of drug-likeness (QED) is 0.709. The summed E-state index contributed by atoms with van der Waals surface area (Å²) in [5.74, 6) is 0.0798. The van der Waals surface area contributed by atoms with Gasteiger partial charge < -0.3 is 9.84 Å². The van der Waals surface area contributed by atoms with E-state index in [0.29, 0.717) is 5.92 Å². The van der Waals surface area contributed by atoms with Crippen LogP contribution in [0.3, 0.4) is 0 Å². The Morgan fingerprint density at radius 2 is 2.12 bits per heavy atom. The number of imide groups is 1. The van der Waals surface area contributed by atoms with E-state index in [9.17, 15) is 9.59 Å². The predicted molar refractivity (Wildman–Crippen MR) is 61.4 cm³/mol. The molecule has 0 aliphatic heterocycles. The number of hydrogen-bond donors (Lipinski definition) is 2. The lowest BCUT2D eigenvalue weighted by molar-refractivity contribution is -0.121. The fourth-order valence-electron chi connectivity index (χ4n) is 1.92. The van der Waals surface area contributed by atoms with Crippen LogP contribution < -0.4 is 5.32 Å². The number of amides is 2. The Kier molecular flexibility index (Phi) is 5.37. The summed E-state index contributed by atoms with van der Waals surface area (Å²) in [6, 6.07) is 0. The first kappa shape index (κ1) is 13.9. The van der Waals surface area contributed by atoms with Crippen LogP contribution in [0.1, 0.15) is 19.8 Å². The van der Waals surface area contributed by atoms with Crippen molar-refractivity contribution < 1.29 is 19.4 Å². The molecular weight excluding hydrogens is 224 g/mol. The number of nitrogens with zero attached hydrogens (tertiary/aromatic N) is 1. The van der Waals surface area contributed by atoms with E-state index in [1.54, 1.807) is 6.92 Å². The van der Waals surface area contributed by atoms with Crippen molar-refractivity contribution in [1.29, 1.82) is 0 Å². The second kappa shape index (κ2) is 6.56. The number of nitrogens with one attached hydrogen (secondary N) is 1. The highest BCUT2D eigenvalue weighted by Crippen LogP contribution is 2.27. The minimum Gasteiger partial charge on any atom is -0.450 e. The number of aliphatic hydroxyl groups excluding tert-OH is 1. The Labute approximate surface area is 101 Å². The van der Waals surface area contributed by atoms with Crippen LogP contribution in [0, 0.1) is 5.92 Å². The zero-order valence-electron chi connectivity index (χ0n) is 10.3. The molecule has 6 heteroatoms. The van der Waals surface area contributed by atoms with Crippen molar-refractivity contribution in [2.45, 2.75) is 25.9 Å². The molecule has 17 heavy (non-hydrogen) atoms. The predicted octanol–water partition coefficient (Wildman–Crippen LogP) is -0.0382. The van der Waals surface area contributed by atoms with Gasteiger partial charge in [0.15, 0.2) is 0 Å². The highest BCUT2D eigenvalue weighted by Gasteiger charge is 2.28. The van der Waals surface area contributed by atoms with Crippen LogP contribution in [0.15, 0.2) is 0 Å². The molecule has 1 aliphatic rings. The number of aliphatic hydroxyl groups is 1. The monoisotopic (exact) mass is 244 g/mol. The van der Waals surface area contributed by atoms with Gasteiger partial charge in [-0.3, -0.25) is 15.0 Å². The van der Waals surface area contributed by atoms with Crippen LogP contribution in [0.25, 0.3) is 0 Å². The van der Waals surface area contributed by atoms with Gasteiger partial charge in [-0.25, -0.2) is 4.79 Å². The number of alkyl carbamates (subject to hydrolysis) is 1. The van der Waals surface area contributed by atoms with E-state index in [1.807, 2.05) is 11.9 Å². The van der Waals surface area contributed by atoms with Gasteiger partial charge in [0.2, 0.25) is 5.91 Å². The first-order valence-electron chi connectivity index (χ1n) is 5.84. The maximum atomic E-state index is 11.4. The highest BCUT2D eigenvalue weighted by molar-refractivity contribution is 5.92. The van der Waals surface area contributed by atoms with E-state index in [2.05, 4.69) is 10.1 Å². The van der Waals surface area contributed by atoms with Crippen LogP contribution in [-0.4, -0.2) is 54.9 Å². The van der Waals surface area contributed by atoms with E-state index in [0.717, 1.165) is 19.4 Å². The molecular formula is C11H20N2O4. The maximum Gasteiger partial charge on any atom is 0.413 e. The molecule has 0 unspecified atom stereocenters. The van der Waals surface area contributed by atoms with E-state index in [4.69, 9.17) is 5.11 Å². The Morgan fingerprint density at radius 3 is 2.65 bits per heavy atom. The summed E-state index contributed by atoms with van der Waals surface area (Å²) < 4.78 is 4.60. The Balaban J connectivity index is 2.14. The van der Waals surface area contributed by atoms with E-state index in [1.165, 1.54) is 0 Å². The largest absolute Gasteiger partial charge is 0.450 e. The third-order valence-electron chi connectivity index (χ3n) is 2.71. The van der Waals surface area contributed by atoms with Crippen molar-refractivity contribution in [3.05, 3.63) is 0 Å². The lowest BCUT2D eigenvalue weighted by Gasteiger charge is -2.34. The average molecular weight is 244 g/mol. The van der Waals surface area contributed by atoms with Gasteiger partial charge in [0, 0.05) is 6.54 Å². The van der Waals surface area contributed by atoms with Gasteiger partial charge in [-0.15, -0.1) is 0 Å². The van der Waals surface area contributed by atoms with Gasteiger partial charge in [0.1, 0.15) is 0 Å². The number of rotatable bonds is 5. The molecule has 1 saturated carbocycles. The van der Waals surface area contributed by atoms with E-state index in [-0.39, 0.29) is 25.2 Å². The molecule has 0 heterocycles. The van der Waals surface area contributed by atoms with Crippen LogP contribution >= 0.6 is 0 Å². The Morgan fingerprint density at radius 1 is 1.47 bits per heavy atom. The Hall–Kier alpha value is -1.14. The highest BCUT2D eigenvalue weighted by atomic mass is 16.5. The summed E-state index contributed by atoms with van der Waals surface area (Å²) in [6.07, 6.45) is 0.708. The summed E-state index contributed by atoms with van der Waals surface area (Å²) in [4.78, 5) is 24.2. The molecule has 1 rings (SSSR count). The molecule has 0 aromatic rings. The van der Waals surface area contributed by atoms with Crippen molar-refractivity contribution in [2.24, 2.45) is 5.92 Å². The molecule has 0 aromatic heterocycles. The summed E-state index contributed by atoms with van der Waals surface area (Å²) in [5.41, 5.74) is 0. The maximum absolute atomic E-state index is 11.4. The summed E-state index contributed by atoms with van der Waals surface area (Å²) in [7, 11) is 1.81. The SMILES string of the molecule is CCOC(=O)NC(=O)CN(C)CC1CC(O)C1. The summed E-state index contributed by atoms with van der Waals surface area (Å²) >= 11 is 0. The molecule has 0 atom stereocenters. The van der Waals surface area contributed by atoms with Crippen molar-refractivity contribution in [3.8, 4) is 0 Å². The molecule has 1 fully saturated rings. The topological polar surface area (TPSA) is 78.9 Å². The molecule has 6 nitrogen and oxygen atoms in total. The Bertz CT molecular complexity index is 277. The first-order chi connectivity index (χ1) is 8.01. The van der Waals surface area contributed by atoms with Crippen molar-refractivity contribution in [2.75, 3.05) is 26.7 Å². The van der Waals surface area contributed by atoms with Crippen molar-refractivity contribution in [3.63, 3.8) is 0 Å². The van der Waals surface area contributed by atoms with Gasteiger partial charge in [-0.2, -0.15) is 0 Å². The fraction of sp³-hybridized carbons (Fsp3) is 0.818. The number of carbonyl (C=O) groups is 2. The van der Waals surface area contributed by atoms with E-state index >= 15 is 0 Å². The van der Waals surface area contributed by atoms with Crippen LogP contribution in [0.2, 0.25) is 0 Å². The summed E-state index contributed by atoms with van der Waals surface area (Å²) in [6.45, 7) is 2.84. The standard InChI is InChI=1S/C11H20N2O4/c1-3-17-11(16)12-10(15)7-13(2)6-8-4-9(14)5-8/h8-9,14H,3-7H2,1-2H3,(H,12,15,16). The fourth-order valence-corrected chi connectivity index (χ4v) is 1.92. The van der Waals surface area contributed by atoms with E-state index < -0.39 is 6.09 Å². The smallest absolute Gasteiger partial charge is 0.413 e. The first-order valence-corrected chi connectivity index (χ1v) is 5.84. The van der Waals surface area contributed by atoms with Gasteiger partial charge in [-0.1, -0.05) is 0 Å². The van der Waals surface area contributed by atoms with Crippen LogP contribution in [-0.2, 0) is 9.53 Å². The van der Waals surface area contributed by atoms with Crippen molar-refractivity contribution in [1.82, 2.24) is 10.2 Å². The third-order valence-corrected chi connectivity index (χ3v) is 2.71. The molecule has 1 aliphatic carbocycles. The number of likely N-dealkylation sites (N-methyl/N-ethyl adjacent to an activating group) is 1. The normalized spacial score (nSPS) is 23.1. The summed E-state index contributed by atoms with van der Waals surface area (Å²) in [5, 5.41) is 11.3. The lowest BCUT2D eigenvalue weighted by atomic mass is 9.82. The molecule has 0 radical (unpaired) electrons. The van der Waals surface area contributed by atoms with Gasteiger partial charge >= 0.3 is 6.09 Å². The average Bonchev–Trinajstić information content (AvgIpc) is 2.14. The second-order valence-corrected chi connectivity index (χ2v) is 4.46. The second-order valence-electron chi connectivity index (χ2n) is 4.46. The van der Waals surface area contributed by atoms with Gasteiger partial charge in [0.25, 0.3) is 0 Å². The van der Waals surface area contributed by atoms with Gasteiger partial charge in [0.05, 0.1) is 19.3 Å². The van der Waals surface area contributed by atoms with Crippen LogP contribution in [0.4, 0.5) is 4.79 Å². The third kappa shape index (κ3) is 5.14. The lowest BCUT2D eigenvalue weighted by Crippen LogP contribution is -2.43. The number of hydrogen-bond acceptors (Lipinski definition) is 5. The molecule has 0 saturated heterocycles. The molecule has 0 aromatic carbocycles. The molecule has 2 N–H and O–H groups in total. The minimum atomic E-state index is -0.704. The molecule has 2 amide bonds. The molecule has 98 valence electrons. The van der Waals surface area contributed by atoms with Crippen molar-refractivity contribution >= 4 is 12.0 Å².